The molecule has 0 aliphatic heterocycles. The molecule has 3 rings (SSSR count). The minimum Gasteiger partial charge on any atom is -0.457 e. The normalized spacial score (nSPS) is 10.2. The number of hydrogen-bond acceptors (Lipinski definition) is 2. The van der Waals surface area contributed by atoms with Gasteiger partial charge in [0.25, 0.3) is 0 Å². The zero-order valence-corrected chi connectivity index (χ0v) is 12.8. The number of rotatable bonds is 5. The molecular weight excluding hydrogens is 294 g/mol. The number of halogens is 1. The van der Waals surface area contributed by atoms with Gasteiger partial charge in [-0.25, -0.2) is 0 Å². The van der Waals surface area contributed by atoms with Crippen LogP contribution in [0.5, 0.6) is 11.5 Å². The van der Waals surface area contributed by atoms with Gasteiger partial charge in [0.2, 0.25) is 0 Å². The lowest BCUT2D eigenvalue weighted by Gasteiger charge is -2.09. The summed E-state index contributed by atoms with van der Waals surface area (Å²) in [6.07, 6.45) is 0. The third kappa shape index (κ3) is 4.03. The summed E-state index contributed by atoms with van der Waals surface area (Å²) in [5.41, 5.74) is 2.15. The average molecular weight is 310 g/mol. The van der Waals surface area contributed by atoms with Crippen molar-refractivity contribution in [2.24, 2.45) is 0 Å². The zero-order chi connectivity index (χ0) is 15.2. The maximum Gasteiger partial charge on any atom is 0.127 e. The van der Waals surface area contributed by atoms with Gasteiger partial charge in [-0.05, 0) is 48.0 Å². The highest BCUT2D eigenvalue weighted by Gasteiger charge is 2.00. The molecule has 0 bridgehead atoms. The molecule has 0 saturated heterocycles. The zero-order valence-electron chi connectivity index (χ0n) is 12.0. The van der Waals surface area contributed by atoms with Crippen LogP contribution in [0.2, 0.25) is 5.02 Å². The number of ether oxygens (including phenoxy) is 1. The highest BCUT2D eigenvalue weighted by Crippen LogP contribution is 2.22. The smallest absolute Gasteiger partial charge is 0.127 e. The van der Waals surface area contributed by atoms with Crippen LogP contribution < -0.4 is 10.1 Å². The molecule has 22 heavy (non-hydrogen) atoms. The highest BCUT2D eigenvalue weighted by molar-refractivity contribution is 6.30. The van der Waals surface area contributed by atoms with Gasteiger partial charge in [-0.3, -0.25) is 0 Å². The Morgan fingerprint density at radius 1 is 0.773 bits per heavy atom. The molecule has 110 valence electrons. The minimum atomic E-state index is 0.715. The van der Waals surface area contributed by atoms with Crippen LogP contribution in [0.15, 0.2) is 78.9 Å². The molecule has 3 heteroatoms. The van der Waals surface area contributed by atoms with Crippen molar-refractivity contribution in [2.45, 2.75) is 6.54 Å². The Hall–Kier alpha value is -2.45. The first kappa shape index (κ1) is 14.5. The summed E-state index contributed by atoms with van der Waals surface area (Å²) in [4.78, 5) is 0. The Morgan fingerprint density at radius 3 is 2.36 bits per heavy atom. The Morgan fingerprint density at radius 2 is 1.55 bits per heavy atom. The first-order valence-electron chi connectivity index (χ1n) is 7.11. The van der Waals surface area contributed by atoms with E-state index in [1.807, 2.05) is 72.8 Å². The van der Waals surface area contributed by atoms with E-state index in [0.29, 0.717) is 6.54 Å². The summed E-state index contributed by atoms with van der Waals surface area (Å²) in [5, 5.41) is 4.08. The van der Waals surface area contributed by atoms with E-state index in [4.69, 9.17) is 16.3 Å². The third-order valence-corrected chi connectivity index (χ3v) is 3.43. The molecule has 0 radical (unpaired) electrons. The maximum atomic E-state index is 5.98. The summed E-state index contributed by atoms with van der Waals surface area (Å²) in [6, 6.07) is 25.5. The van der Waals surface area contributed by atoms with Gasteiger partial charge in [0, 0.05) is 17.3 Å². The standard InChI is InChI=1S/C19H16ClNO/c20-16-7-5-8-17(13-16)21-14-15-6-4-11-19(12-15)22-18-9-2-1-3-10-18/h1-13,21H,14H2. The first-order valence-corrected chi connectivity index (χ1v) is 7.49. The van der Waals surface area contributed by atoms with Gasteiger partial charge in [-0.15, -0.1) is 0 Å². The van der Waals surface area contributed by atoms with Gasteiger partial charge in [-0.2, -0.15) is 0 Å². The molecule has 3 aromatic rings. The largest absolute Gasteiger partial charge is 0.457 e. The van der Waals surface area contributed by atoms with E-state index in [1.165, 1.54) is 0 Å². The first-order chi connectivity index (χ1) is 10.8. The lowest BCUT2D eigenvalue weighted by molar-refractivity contribution is 0.482. The lowest BCUT2D eigenvalue weighted by Crippen LogP contribution is -1.99. The van der Waals surface area contributed by atoms with E-state index in [-0.39, 0.29) is 0 Å². The SMILES string of the molecule is Clc1cccc(NCc2cccc(Oc3ccccc3)c2)c1. The van der Waals surface area contributed by atoms with Crippen LogP contribution in [0.3, 0.4) is 0 Å². The van der Waals surface area contributed by atoms with Crippen molar-refractivity contribution in [3.8, 4) is 11.5 Å². The number of benzene rings is 3. The van der Waals surface area contributed by atoms with Crippen LogP contribution in [0.1, 0.15) is 5.56 Å². The van der Waals surface area contributed by atoms with Gasteiger partial charge in [0.05, 0.1) is 0 Å². The second-order valence-corrected chi connectivity index (χ2v) is 5.36. The van der Waals surface area contributed by atoms with Gasteiger partial charge in [-0.1, -0.05) is 48.0 Å². The van der Waals surface area contributed by atoms with Crippen molar-refractivity contribution in [1.82, 2.24) is 0 Å². The summed E-state index contributed by atoms with van der Waals surface area (Å²) in [6.45, 7) is 0.715. The fourth-order valence-electron chi connectivity index (χ4n) is 2.15. The molecule has 0 saturated carbocycles. The van der Waals surface area contributed by atoms with Gasteiger partial charge < -0.3 is 10.1 Å². The molecule has 0 heterocycles. The molecule has 0 unspecified atom stereocenters. The lowest BCUT2D eigenvalue weighted by atomic mass is 10.2. The van der Waals surface area contributed by atoms with Crippen molar-refractivity contribution in [3.05, 3.63) is 89.4 Å². The molecule has 0 amide bonds. The molecule has 0 aliphatic rings. The van der Waals surface area contributed by atoms with Crippen LogP contribution >= 0.6 is 11.6 Å². The third-order valence-electron chi connectivity index (χ3n) is 3.20. The van der Waals surface area contributed by atoms with Crippen LogP contribution in [0.25, 0.3) is 0 Å². The van der Waals surface area contributed by atoms with Crippen molar-refractivity contribution >= 4 is 17.3 Å². The maximum absolute atomic E-state index is 5.98. The average Bonchev–Trinajstić information content (AvgIpc) is 2.54. The Kier molecular flexibility index (Phi) is 4.62. The van der Waals surface area contributed by atoms with Gasteiger partial charge in [0.15, 0.2) is 0 Å². The van der Waals surface area contributed by atoms with Crippen molar-refractivity contribution in [1.29, 1.82) is 0 Å². The second kappa shape index (κ2) is 7.01. The number of hydrogen-bond donors (Lipinski definition) is 1. The van der Waals surface area contributed by atoms with E-state index in [0.717, 1.165) is 27.8 Å². The molecular formula is C19H16ClNO. The molecule has 0 fully saturated rings. The van der Waals surface area contributed by atoms with Gasteiger partial charge in [0.1, 0.15) is 11.5 Å². The second-order valence-electron chi connectivity index (χ2n) is 4.93. The predicted molar refractivity (Wildman–Crippen MR) is 91.7 cm³/mol. The van der Waals surface area contributed by atoms with Crippen LogP contribution in [0.4, 0.5) is 5.69 Å². The van der Waals surface area contributed by atoms with Crippen LogP contribution in [-0.4, -0.2) is 0 Å². The Balaban J connectivity index is 1.66. The van der Waals surface area contributed by atoms with Gasteiger partial charge >= 0.3 is 0 Å². The van der Waals surface area contributed by atoms with E-state index < -0.39 is 0 Å². The van der Waals surface area contributed by atoms with E-state index in [1.54, 1.807) is 0 Å². The quantitative estimate of drug-likeness (QED) is 0.648. The molecule has 1 N–H and O–H groups in total. The van der Waals surface area contributed by atoms with Crippen LogP contribution in [0, 0.1) is 0 Å². The molecule has 0 aromatic heterocycles. The van der Waals surface area contributed by atoms with E-state index in [2.05, 4.69) is 11.4 Å². The monoisotopic (exact) mass is 309 g/mol. The van der Waals surface area contributed by atoms with Crippen molar-refractivity contribution < 1.29 is 4.74 Å². The Labute approximate surface area is 135 Å². The van der Waals surface area contributed by atoms with Crippen molar-refractivity contribution in [3.63, 3.8) is 0 Å². The number of anilines is 1. The molecule has 0 spiro atoms. The summed E-state index contributed by atoms with van der Waals surface area (Å²) in [5.74, 6) is 1.67. The number of para-hydroxylation sites is 1. The summed E-state index contributed by atoms with van der Waals surface area (Å²) < 4.78 is 5.84. The Bertz CT molecular complexity index is 743. The van der Waals surface area contributed by atoms with E-state index in [9.17, 15) is 0 Å². The summed E-state index contributed by atoms with van der Waals surface area (Å²) >= 11 is 5.98. The predicted octanol–water partition coefficient (Wildman–Crippen LogP) is 5.74. The van der Waals surface area contributed by atoms with Crippen LogP contribution in [-0.2, 0) is 6.54 Å². The molecule has 2 nitrogen and oxygen atoms in total. The summed E-state index contributed by atoms with van der Waals surface area (Å²) in [7, 11) is 0. The number of nitrogens with one attached hydrogen (secondary N) is 1. The van der Waals surface area contributed by atoms with E-state index >= 15 is 0 Å². The molecule has 3 aromatic carbocycles. The topological polar surface area (TPSA) is 21.3 Å². The fourth-order valence-corrected chi connectivity index (χ4v) is 2.34. The molecule has 0 atom stereocenters. The molecule has 0 aliphatic carbocycles. The van der Waals surface area contributed by atoms with Crippen molar-refractivity contribution in [2.75, 3.05) is 5.32 Å². The fraction of sp³-hybridized carbons (Fsp3) is 0.0526. The minimum absolute atomic E-state index is 0.715. The highest BCUT2D eigenvalue weighted by atomic mass is 35.5.